The lowest BCUT2D eigenvalue weighted by Crippen LogP contribution is -2.18. The lowest BCUT2D eigenvalue weighted by Gasteiger charge is -2.13. The van der Waals surface area contributed by atoms with Crippen LogP contribution in [0.15, 0.2) is 58.7 Å². The van der Waals surface area contributed by atoms with E-state index in [1.165, 1.54) is 19.2 Å². The topological polar surface area (TPSA) is 113 Å². The van der Waals surface area contributed by atoms with Crippen LogP contribution in [-0.4, -0.2) is 45.8 Å². The number of rotatable bonds is 7. The molecule has 33 heavy (non-hydrogen) atoms. The number of aryl methyl sites for hydroxylation is 1. The van der Waals surface area contributed by atoms with Gasteiger partial charge in [-0.05, 0) is 32.0 Å². The van der Waals surface area contributed by atoms with Gasteiger partial charge in [0, 0.05) is 23.4 Å². The van der Waals surface area contributed by atoms with Crippen LogP contribution < -0.4 is 9.47 Å². The van der Waals surface area contributed by atoms with Crippen molar-refractivity contribution in [1.82, 2.24) is 18.9 Å². The number of methoxy groups -OCH3 is 2. The van der Waals surface area contributed by atoms with Gasteiger partial charge in [0.15, 0.2) is 5.65 Å². The summed E-state index contributed by atoms with van der Waals surface area (Å²) in [6, 6.07) is 11.0. The molecule has 0 aliphatic heterocycles. The second kappa shape index (κ2) is 8.91. The summed E-state index contributed by atoms with van der Waals surface area (Å²) in [7, 11) is -3.02. The second-order valence-electron chi connectivity index (χ2n) is 7.21. The largest absolute Gasteiger partial charge is 0.496 e. The minimum absolute atomic E-state index is 0.0264. The Morgan fingerprint density at radius 3 is 2.39 bits per heavy atom. The highest BCUT2D eigenvalue weighted by molar-refractivity contribution is 7.91. The molecule has 0 aliphatic rings. The third-order valence-electron chi connectivity index (χ3n) is 5.12. The van der Waals surface area contributed by atoms with Crippen molar-refractivity contribution >= 4 is 32.0 Å². The van der Waals surface area contributed by atoms with Crippen molar-refractivity contribution in [1.29, 1.82) is 0 Å². The first-order valence-corrected chi connectivity index (χ1v) is 12.7. The van der Waals surface area contributed by atoms with E-state index in [4.69, 9.17) is 9.47 Å². The van der Waals surface area contributed by atoms with Crippen LogP contribution in [0.1, 0.15) is 16.8 Å². The first-order chi connectivity index (χ1) is 15.8. The Morgan fingerprint density at radius 1 is 1.00 bits per heavy atom. The first-order valence-electron chi connectivity index (χ1n) is 9.89. The van der Waals surface area contributed by atoms with Crippen molar-refractivity contribution in [2.75, 3.05) is 14.2 Å². The van der Waals surface area contributed by atoms with Gasteiger partial charge in [-0.15, -0.1) is 0 Å². The van der Waals surface area contributed by atoms with E-state index in [9.17, 15) is 12.6 Å². The van der Waals surface area contributed by atoms with Gasteiger partial charge in [0.1, 0.15) is 11.3 Å². The molecule has 1 atom stereocenters. The average Bonchev–Trinajstić information content (AvgIpc) is 3.21. The molecule has 4 aromatic rings. The Morgan fingerprint density at radius 2 is 1.73 bits per heavy atom. The minimum atomic E-state index is -4.15. The lowest BCUT2D eigenvalue weighted by atomic mass is 10.1. The van der Waals surface area contributed by atoms with Gasteiger partial charge in [-0.3, -0.25) is 9.19 Å². The van der Waals surface area contributed by atoms with Gasteiger partial charge < -0.3 is 9.47 Å². The van der Waals surface area contributed by atoms with E-state index in [0.717, 1.165) is 15.1 Å². The van der Waals surface area contributed by atoms with Crippen molar-refractivity contribution in [2.24, 2.45) is 0 Å². The fourth-order valence-electron chi connectivity index (χ4n) is 3.48. The second-order valence-corrected chi connectivity index (χ2v) is 10.3. The Labute approximate surface area is 193 Å². The van der Waals surface area contributed by atoms with E-state index < -0.39 is 20.8 Å². The smallest absolute Gasteiger partial charge is 0.271 e. The number of hydrogen-bond acceptors (Lipinski definition) is 8. The zero-order chi connectivity index (χ0) is 23.8. The number of nitrogens with zero attached hydrogens (tertiary/aromatic N) is 4. The Kier molecular flexibility index (Phi) is 6.17. The molecule has 4 rings (SSSR count). The maximum Gasteiger partial charge on any atom is 0.271 e. The normalized spacial score (nSPS) is 12.6. The highest BCUT2D eigenvalue weighted by atomic mass is 32.2. The predicted molar refractivity (Wildman–Crippen MR) is 123 cm³/mol. The summed E-state index contributed by atoms with van der Waals surface area (Å²) >= 11 is 0. The maximum atomic E-state index is 13.6. The fourth-order valence-corrected chi connectivity index (χ4v) is 6.48. The van der Waals surface area contributed by atoms with Gasteiger partial charge in [-0.25, -0.2) is 13.4 Å². The van der Waals surface area contributed by atoms with Crippen LogP contribution in [0.25, 0.3) is 11.2 Å². The molecule has 0 radical (unpaired) electrons. The van der Waals surface area contributed by atoms with Crippen molar-refractivity contribution in [3.63, 3.8) is 0 Å². The molecule has 1 aromatic carbocycles. The molecule has 11 heteroatoms. The van der Waals surface area contributed by atoms with Crippen molar-refractivity contribution in [2.45, 2.75) is 29.7 Å². The van der Waals surface area contributed by atoms with Crippen LogP contribution in [0.4, 0.5) is 0 Å². The Bertz CT molecular complexity index is 1470. The summed E-state index contributed by atoms with van der Waals surface area (Å²) in [5, 5.41) is -0.143. The predicted octanol–water partition coefficient (Wildman–Crippen LogP) is 3.01. The molecule has 3 heterocycles. The summed E-state index contributed by atoms with van der Waals surface area (Å²) in [4.78, 5) is 13.1. The molecule has 0 bridgehead atoms. The lowest BCUT2D eigenvalue weighted by molar-refractivity contribution is 0.399. The van der Waals surface area contributed by atoms with Crippen LogP contribution in [0.5, 0.6) is 11.6 Å². The van der Waals surface area contributed by atoms with Crippen LogP contribution >= 0.6 is 0 Å². The summed E-state index contributed by atoms with van der Waals surface area (Å²) in [6.45, 7) is 3.69. The third-order valence-corrected chi connectivity index (χ3v) is 8.15. The van der Waals surface area contributed by atoms with E-state index in [1.807, 2.05) is 13.8 Å². The van der Waals surface area contributed by atoms with E-state index in [1.54, 1.807) is 43.6 Å². The molecule has 0 fully saturated rings. The summed E-state index contributed by atoms with van der Waals surface area (Å²) in [5.41, 5.74) is 2.42. The standard InChI is InChI=1S/C22H22N4O5S2/c1-14-12-23-18(15(2)20(14)31-4)13-32(27)22-24-17-10-11-19(30-3)25-21(17)26(22)33(28,29)16-8-6-5-7-9-16/h5-12H,13H2,1-4H3. The van der Waals surface area contributed by atoms with Crippen LogP contribution in [-0.2, 0) is 26.6 Å². The molecular formula is C22H22N4O5S2. The van der Waals surface area contributed by atoms with E-state index >= 15 is 0 Å². The minimum Gasteiger partial charge on any atom is -0.496 e. The number of ether oxygens (including phenoxy) is 2. The molecule has 3 aromatic heterocycles. The molecule has 0 aliphatic carbocycles. The average molecular weight is 487 g/mol. The summed E-state index contributed by atoms with van der Waals surface area (Å²) in [5.74, 6) is 0.812. The van der Waals surface area contributed by atoms with Gasteiger partial charge >= 0.3 is 0 Å². The zero-order valence-electron chi connectivity index (χ0n) is 18.5. The van der Waals surface area contributed by atoms with Crippen LogP contribution in [0.3, 0.4) is 0 Å². The number of hydrogen-bond donors (Lipinski definition) is 0. The monoisotopic (exact) mass is 486 g/mol. The van der Waals surface area contributed by atoms with Gasteiger partial charge in [0.2, 0.25) is 11.0 Å². The first kappa shape index (κ1) is 22.9. The summed E-state index contributed by atoms with van der Waals surface area (Å²) in [6.07, 6.45) is 1.63. The maximum absolute atomic E-state index is 13.6. The molecule has 0 saturated heterocycles. The van der Waals surface area contributed by atoms with Gasteiger partial charge in [-0.2, -0.15) is 8.96 Å². The van der Waals surface area contributed by atoms with E-state index in [-0.39, 0.29) is 32.8 Å². The van der Waals surface area contributed by atoms with Crippen LogP contribution in [0, 0.1) is 13.8 Å². The molecule has 9 nitrogen and oxygen atoms in total. The molecular weight excluding hydrogens is 464 g/mol. The molecule has 0 spiro atoms. The van der Waals surface area contributed by atoms with E-state index in [2.05, 4.69) is 15.0 Å². The zero-order valence-corrected chi connectivity index (χ0v) is 20.1. The molecule has 0 amide bonds. The Hall–Kier alpha value is -3.31. The van der Waals surface area contributed by atoms with Crippen molar-refractivity contribution < 1.29 is 22.1 Å². The number of benzene rings is 1. The van der Waals surface area contributed by atoms with Crippen molar-refractivity contribution in [3.8, 4) is 11.6 Å². The molecule has 0 saturated carbocycles. The third kappa shape index (κ3) is 4.09. The molecule has 1 unspecified atom stereocenters. The number of aromatic nitrogens is 4. The highest BCUT2D eigenvalue weighted by Crippen LogP contribution is 2.29. The molecule has 172 valence electrons. The molecule has 0 N–H and O–H groups in total. The highest BCUT2D eigenvalue weighted by Gasteiger charge is 2.29. The van der Waals surface area contributed by atoms with Gasteiger partial charge in [0.05, 0.1) is 41.4 Å². The quantitative estimate of drug-likeness (QED) is 0.392. The van der Waals surface area contributed by atoms with Crippen LogP contribution in [0.2, 0.25) is 0 Å². The van der Waals surface area contributed by atoms with Crippen molar-refractivity contribution in [3.05, 3.63) is 65.5 Å². The number of pyridine rings is 2. The fraction of sp³-hybridized carbons (Fsp3) is 0.227. The van der Waals surface area contributed by atoms with Gasteiger partial charge in [-0.1, -0.05) is 18.2 Å². The Balaban J connectivity index is 1.90. The number of imidazole rings is 1. The van der Waals surface area contributed by atoms with Gasteiger partial charge in [0.25, 0.3) is 10.0 Å². The SMILES string of the molecule is COc1ccc2nc(S(=O)Cc3ncc(C)c(OC)c3C)n(S(=O)(=O)c3ccccc3)c2n1. The van der Waals surface area contributed by atoms with E-state index in [0.29, 0.717) is 11.4 Å². The summed E-state index contributed by atoms with van der Waals surface area (Å²) < 4.78 is 52.2. The number of fused-ring (bicyclic) bond motifs is 1.